The van der Waals surface area contributed by atoms with Gasteiger partial charge in [-0.05, 0) is 32.2 Å². The maximum atomic E-state index is 11.6. The van der Waals surface area contributed by atoms with Crippen LogP contribution >= 0.6 is 0 Å². The van der Waals surface area contributed by atoms with Crippen LogP contribution in [-0.4, -0.2) is 32.0 Å². The molecule has 0 radical (unpaired) electrons. The summed E-state index contributed by atoms with van der Waals surface area (Å²) in [5.74, 6) is -0.280. The van der Waals surface area contributed by atoms with Gasteiger partial charge in [-0.3, -0.25) is 9.59 Å². The fourth-order valence-electron chi connectivity index (χ4n) is 1.37. The summed E-state index contributed by atoms with van der Waals surface area (Å²) in [6, 6.07) is 6.84. The van der Waals surface area contributed by atoms with E-state index < -0.39 is 0 Å². The Balaban J connectivity index is 2.72. The number of anilines is 1. The van der Waals surface area contributed by atoms with Crippen molar-refractivity contribution < 1.29 is 9.59 Å². The predicted octanol–water partition coefficient (Wildman–Crippen LogP) is 0.594. The van der Waals surface area contributed by atoms with Gasteiger partial charge in [0.15, 0.2) is 0 Å². The van der Waals surface area contributed by atoms with Gasteiger partial charge in [-0.25, -0.2) is 0 Å². The molecule has 0 aliphatic rings. The van der Waals surface area contributed by atoms with E-state index in [0.29, 0.717) is 17.8 Å². The van der Waals surface area contributed by atoms with E-state index in [4.69, 9.17) is 0 Å². The average Bonchev–Trinajstić information content (AvgIpc) is 2.30. The van der Waals surface area contributed by atoms with Crippen molar-refractivity contribution in [1.82, 2.24) is 10.6 Å². The number of rotatable bonds is 5. The highest BCUT2D eigenvalue weighted by Gasteiger charge is 2.06. The Hall–Kier alpha value is -1.88. The third-order valence-corrected chi connectivity index (χ3v) is 2.08. The first-order valence-electron chi connectivity index (χ1n) is 5.50. The summed E-state index contributed by atoms with van der Waals surface area (Å²) >= 11 is 0. The van der Waals surface area contributed by atoms with Crippen LogP contribution < -0.4 is 16.0 Å². The van der Waals surface area contributed by atoms with E-state index in [1.807, 2.05) is 6.92 Å². The molecular formula is C12H17N3O2. The number of hydrogen-bond acceptors (Lipinski definition) is 3. The van der Waals surface area contributed by atoms with Crippen LogP contribution in [0.1, 0.15) is 17.3 Å². The van der Waals surface area contributed by atoms with Crippen LogP contribution in [0.3, 0.4) is 0 Å². The van der Waals surface area contributed by atoms with Gasteiger partial charge >= 0.3 is 0 Å². The van der Waals surface area contributed by atoms with Gasteiger partial charge in [0.2, 0.25) is 5.91 Å². The first-order chi connectivity index (χ1) is 8.17. The van der Waals surface area contributed by atoms with Crippen molar-refractivity contribution >= 4 is 17.5 Å². The lowest BCUT2D eigenvalue weighted by atomic mass is 10.2. The molecule has 0 unspecified atom stereocenters. The molecule has 0 aliphatic heterocycles. The zero-order chi connectivity index (χ0) is 12.7. The monoisotopic (exact) mass is 235 g/mol. The molecule has 2 amide bonds. The largest absolute Gasteiger partial charge is 0.352 e. The highest BCUT2D eigenvalue weighted by Crippen LogP contribution is 2.10. The molecule has 3 N–H and O–H groups in total. The minimum atomic E-state index is -0.141. The zero-order valence-electron chi connectivity index (χ0n) is 10.0. The van der Waals surface area contributed by atoms with Crippen LogP contribution in [0.25, 0.3) is 0 Å². The number of likely N-dealkylation sites (N-methyl/N-ethyl adjacent to an activating group) is 1. The lowest BCUT2D eigenvalue weighted by molar-refractivity contribution is -0.115. The van der Waals surface area contributed by atoms with Crippen LogP contribution in [0.2, 0.25) is 0 Å². The maximum Gasteiger partial charge on any atom is 0.251 e. The van der Waals surface area contributed by atoms with Gasteiger partial charge in [-0.1, -0.05) is 6.07 Å². The third-order valence-electron chi connectivity index (χ3n) is 2.08. The lowest BCUT2D eigenvalue weighted by Gasteiger charge is -2.07. The summed E-state index contributed by atoms with van der Waals surface area (Å²) in [6.07, 6.45) is 0. The molecule has 0 bridgehead atoms. The van der Waals surface area contributed by atoms with Gasteiger partial charge in [0.1, 0.15) is 0 Å². The minimum absolute atomic E-state index is 0.138. The van der Waals surface area contributed by atoms with Crippen LogP contribution in [-0.2, 0) is 4.79 Å². The quantitative estimate of drug-likeness (QED) is 0.699. The van der Waals surface area contributed by atoms with Crippen molar-refractivity contribution in [3.63, 3.8) is 0 Å². The first kappa shape index (κ1) is 13.2. The SMILES string of the molecule is CCNC(=O)c1cccc(NC(=O)CNC)c1. The Morgan fingerprint density at radius 2 is 2.06 bits per heavy atom. The van der Waals surface area contributed by atoms with E-state index in [1.165, 1.54) is 0 Å². The normalized spacial score (nSPS) is 9.76. The first-order valence-corrected chi connectivity index (χ1v) is 5.50. The fraction of sp³-hybridized carbons (Fsp3) is 0.333. The molecule has 0 aliphatic carbocycles. The fourth-order valence-corrected chi connectivity index (χ4v) is 1.37. The van der Waals surface area contributed by atoms with Crippen LogP contribution in [0.5, 0.6) is 0 Å². The molecule has 0 saturated carbocycles. The molecule has 0 heterocycles. The van der Waals surface area contributed by atoms with Gasteiger partial charge in [0, 0.05) is 17.8 Å². The molecule has 0 fully saturated rings. The molecule has 0 atom stereocenters. The van der Waals surface area contributed by atoms with Gasteiger partial charge in [0.25, 0.3) is 5.91 Å². The molecule has 0 spiro atoms. The topological polar surface area (TPSA) is 70.2 Å². The third kappa shape index (κ3) is 4.24. The predicted molar refractivity (Wildman–Crippen MR) is 67.0 cm³/mol. The molecule has 5 nitrogen and oxygen atoms in total. The lowest BCUT2D eigenvalue weighted by Crippen LogP contribution is -2.25. The summed E-state index contributed by atoms with van der Waals surface area (Å²) in [5, 5.41) is 8.16. The highest BCUT2D eigenvalue weighted by atomic mass is 16.2. The number of carbonyl (C=O) groups excluding carboxylic acids is 2. The molecule has 1 rings (SSSR count). The molecule has 92 valence electrons. The molecule has 0 saturated heterocycles. The minimum Gasteiger partial charge on any atom is -0.352 e. The number of nitrogens with one attached hydrogen (secondary N) is 3. The Kier molecular flexibility index (Phi) is 5.16. The summed E-state index contributed by atoms with van der Waals surface area (Å²) < 4.78 is 0. The standard InChI is InChI=1S/C12H17N3O2/c1-3-14-12(17)9-5-4-6-10(7-9)15-11(16)8-13-2/h4-7,13H,3,8H2,1-2H3,(H,14,17)(H,15,16). The van der Waals surface area contributed by atoms with Crippen LogP contribution in [0.4, 0.5) is 5.69 Å². The van der Waals surface area contributed by atoms with Gasteiger partial charge in [-0.15, -0.1) is 0 Å². The highest BCUT2D eigenvalue weighted by molar-refractivity contribution is 5.97. The Labute approximate surface area is 101 Å². The van der Waals surface area contributed by atoms with Crippen LogP contribution in [0.15, 0.2) is 24.3 Å². The Bertz CT molecular complexity index is 404. The number of carbonyl (C=O) groups is 2. The molecular weight excluding hydrogens is 218 g/mol. The zero-order valence-corrected chi connectivity index (χ0v) is 10.0. The van der Waals surface area contributed by atoms with Crippen molar-refractivity contribution in [1.29, 1.82) is 0 Å². The molecule has 1 aromatic carbocycles. The van der Waals surface area contributed by atoms with Gasteiger partial charge in [-0.2, -0.15) is 0 Å². The summed E-state index contributed by atoms with van der Waals surface area (Å²) in [4.78, 5) is 22.9. The van der Waals surface area contributed by atoms with Crippen molar-refractivity contribution in [2.75, 3.05) is 25.5 Å². The summed E-state index contributed by atoms with van der Waals surface area (Å²) in [7, 11) is 1.70. The second kappa shape index (κ2) is 6.65. The van der Waals surface area contributed by atoms with Gasteiger partial charge < -0.3 is 16.0 Å². The van der Waals surface area contributed by atoms with E-state index >= 15 is 0 Å². The van der Waals surface area contributed by atoms with Crippen molar-refractivity contribution in [3.8, 4) is 0 Å². The Morgan fingerprint density at radius 1 is 1.29 bits per heavy atom. The molecule has 0 aromatic heterocycles. The molecule has 5 heteroatoms. The van der Waals surface area contributed by atoms with E-state index in [9.17, 15) is 9.59 Å². The van der Waals surface area contributed by atoms with E-state index in [0.717, 1.165) is 0 Å². The van der Waals surface area contributed by atoms with Crippen molar-refractivity contribution in [2.24, 2.45) is 0 Å². The number of amides is 2. The van der Waals surface area contributed by atoms with E-state index in [-0.39, 0.29) is 18.4 Å². The van der Waals surface area contributed by atoms with Crippen molar-refractivity contribution in [3.05, 3.63) is 29.8 Å². The molecule has 17 heavy (non-hydrogen) atoms. The van der Waals surface area contributed by atoms with E-state index in [1.54, 1.807) is 31.3 Å². The van der Waals surface area contributed by atoms with Crippen molar-refractivity contribution in [2.45, 2.75) is 6.92 Å². The molecule has 1 aromatic rings. The average molecular weight is 235 g/mol. The number of hydrogen-bond donors (Lipinski definition) is 3. The summed E-state index contributed by atoms with van der Waals surface area (Å²) in [5.41, 5.74) is 1.16. The summed E-state index contributed by atoms with van der Waals surface area (Å²) in [6.45, 7) is 2.68. The Morgan fingerprint density at radius 3 is 2.71 bits per heavy atom. The second-order valence-electron chi connectivity index (χ2n) is 3.52. The maximum absolute atomic E-state index is 11.6. The second-order valence-corrected chi connectivity index (χ2v) is 3.52. The van der Waals surface area contributed by atoms with Crippen LogP contribution in [0, 0.1) is 0 Å². The van der Waals surface area contributed by atoms with Gasteiger partial charge in [0.05, 0.1) is 6.54 Å². The number of benzene rings is 1. The smallest absolute Gasteiger partial charge is 0.251 e. The van der Waals surface area contributed by atoms with E-state index in [2.05, 4.69) is 16.0 Å².